The summed E-state index contributed by atoms with van der Waals surface area (Å²) in [5, 5.41) is 4.48. The standard InChI is InChI=1S/C10H14N2O3S/c1-2-15-12-9(13)5-6-11-10(14)8-4-3-7-16-8/h3-4,7H,2,5-6H2,1H3,(H,11,14)(H,12,13). The van der Waals surface area contributed by atoms with Crippen LogP contribution in [0, 0.1) is 0 Å². The molecule has 0 aliphatic carbocycles. The highest BCUT2D eigenvalue weighted by molar-refractivity contribution is 7.12. The molecule has 0 aliphatic heterocycles. The Balaban J connectivity index is 2.16. The maximum atomic E-state index is 11.4. The minimum Gasteiger partial charge on any atom is -0.351 e. The molecule has 5 nitrogen and oxygen atoms in total. The molecule has 0 fully saturated rings. The smallest absolute Gasteiger partial charge is 0.261 e. The lowest BCUT2D eigenvalue weighted by Gasteiger charge is -2.04. The van der Waals surface area contributed by atoms with Crippen LogP contribution in [0.25, 0.3) is 0 Å². The minimum absolute atomic E-state index is 0.154. The SMILES string of the molecule is CCONC(=O)CCNC(=O)c1cccs1. The number of amides is 2. The summed E-state index contributed by atoms with van der Waals surface area (Å²) in [4.78, 5) is 27.9. The van der Waals surface area contributed by atoms with E-state index in [0.717, 1.165) is 0 Å². The first-order valence-electron chi connectivity index (χ1n) is 4.96. The van der Waals surface area contributed by atoms with Crippen LogP contribution in [0.3, 0.4) is 0 Å². The molecule has 0 unspecified atom stereocenters. The largest absolute Gasteiger partial charge is 0.351 e. The summed E-state index contributed by atoms with van der Waals surface area (Å²) >= 11 is 1.37. The molecular weight excluding hydrogens is 228 g/mol. The molecule has 0 aromatic carbocycles. The summed E-state index contributed by atoms with van der Waals surface area (Å²) in [6, 6.07) is 3.54. The number of hydrogen-bond acceptors (Lipinski definition) is 4. The van der Waals surface area contributed by atoms with Crippen LogP contribution in [0.15, 0.2) is 17.5 Å². The van der Waals surface area contributed by atoms with E-state index in [-0.39, 0.29) is 18.2 Å². The summed E-state index contributed by atoms with van der Waals surface area (Å²) in [6.07, 6.45) is 0.205. The molecule has 6 heteroatoms. The fourth-order valence-corrected chi connectivity index (χ4v) is 1.63. The first-order valence-corrected chi connectivity index (χ1v) is 5.84. The van der Waals surface area contributed by atoms with Crippen molar-refractivity contribution in [2.24, 2.45) is 0 Å². The van der Waals surface area contributed by atoms with Gasteiger partial charge in [0.15, 0.2) is 0 Å². The second-order valence-electron chi connectivity index (χ2n) is 2.94. The van der Waals surface area contributed by atoms with Crippen LogP contribution in [0.5, 0.6) is 0 Å². The van der Waals surface area contributed by atoms with Crippen molar-refractivity contribution >= 4 is 23.2 Å². The fraction of sp³-hybridized carbons (Fsp3) is 0.400. The van der Waals surface area contributed by atoms with Gasteiger partial charge in [0.05, 0.1) is 11.5 Å². The van der Waals surface area contributed by atoms with Crippen molar-refractivity contribution in [1.29, 1.82) is 0 Å². The van der Waals surface area contributed by atoms with E-state index in [9.17, 15) is 9.59 Å². The van der Waals surface area contributed by atoms with Gasteiger partial charge in [-0.05, 0) is 18.4 Å². The van der Waals surface area contributed by atoms with Crippen LogP contribution in [-0.2, 0) is 9.63 Å². The van der Waals surface area contributed by atoms with Crippen LogP contribution in [0.1, 0.15) is 23.0 Å². The maximum Gasteiger partial charge on any atom is 0.261 e. The molecule has 1 rings (SSSR count). The van der Waals surface area contributed by atoms with Gasteiger partial charge < -0.3 is 5.32 Å². The molecule has 0 aliphatic rings. The predicted molar refractivity (Wildman–Crippen MR) is 61.0 cm³/mol. The first kappa shape index (κ1) is 12.7. The number of thiophene rings is 1. The summed E-state index contributed by atoms with van der Waals surface area (Å²) < 4.78 is 0. The highest BCUT2D eigenvalue weighted by Crippen LogP contribution is 2.07. The van der Waals surface area contributed by atoms with Gasteiger partial charge in [-0.25, -0.2) is 5.48 Å². The van der Waals surface area contributed by atoms with E-state index in [1.54, 1.807) is 19.1 Å². The third kappa shape index (κ3) is 4.41. The number of nitrogens with one attached hydrogen (secondary N) is 2. The molecule has 1 heterocycles. The van der Waals surface area contributed by atoms with E-state index in [0.29, 0.717) is 18.0 Å². The second kappa shape index (κ2) is 6.97. The van der Waals surface area contributed by atoms with Crippen molar-refractivity contribution in [3.8, 4) is 0 Å². The minimum atomic E-state index is -0.242. The quantitative estimate of drug-likeness (QED) is 0.729. The van der Waals surface area contributed by atoms with Crippen molar-refractivity contribution < 1.29 is 14.4 Å². The molecular formula is C10H14N2O3S. The number of carbonyl (C=O) groups is 2. The first-order chi connectivity index (χ1) is 7.74. The molecule has 0 spiro atoms. The summed E-state index contributed by atoms with van der Waals surface area (Å²) in [5.41, 5.74) is 2.25. The lowest BCUT2D eigenvalue weighted by atomic mass is 10.4. The van der Waals surface area contributed by atoms with Gasteiger partial charge in [-0.3, -0.25) is 14.4 Å². The van der Waals surface area contributed by atoms with Crippen molar-refractivity contribution in [3.05, 3.63) is 22.4 Å². The van der Waals surface area contributed by atoms with Crippen molar-refractivity contribution in [1.82, 2.24) is 10.8 Å². The number of rotatable bonds is 6. The Kier molecular flexibility index (Phi) is 5.52. The zero-order valence-electron chi connectivity index (χ0n) is 8.99. The van der Waals surface area contributed by atoms with Crippen molar-refractivity contribution in [2.75, 3.05) is 13.2 Å². The molecule has 1 aromatic heterocycles. The normalized spacial score (nSPS) is 9.81. The number of carbonyl (C=O) groups excluding carboxylic acids is 2. The zero-order chi connectivity index (χ0) is 11.8. The average molecular weight is 242 g/mol. The summed E-state index contributed by atoms with van der Waals surface area (Å²) in [6.45, 7) is 2.50. The van der Waals surface area contributed by atoms with Crippen molar-refractivity contribution in [2.45, 2.75) is 13.3 Å². The highest BCUT2D eigenvalue weighted by atomic mass is 32.1. The molecule has 0 bridgehead atoms. The highest BCUT2D eigenvalue weighted by Gasteiger charge is 2.06. The fourth-order valence-electron chi connectivity index (χ4n) is 0.988. The lowest BCUT2D eigenvalue weighted by Crippen LogP contribution is -2.30. The van der Waals surface area contributed by atoms with Crippen LogP contribution in [-0.4, -0.2) is 25.0 Å². The number of hydrogen-bond donors (Lipinski definition) is 2. The third-order valence-corrected chi connectivity index (χ3v) is 2.58. The molecule has 2 N–H and O–H groups in total. The topological polar surface area (TPSA) is 67.4 Å². The van der Waals surface area contributed by atoms with Crippen LogP contribution >= 0.6 is 11.3 Å². The molecule has 88 valence electrons. The van der Waals surface area contributed by atoms with Gasteiger partial charge in [-0.15, -0.1) is 11.3 Å². The summed E-state index contributed by atoms with van der Waals surface area (Å²) in [5.74, 6) is -0.396. The third-order valence-electron chi connectivity index (χ3n) is 1.71. The molecule has 2 amide bonds. The van der Waals surface area contributed by atoms with E-state index in [1.807, 2.05) is 5.38 Å². The Bertz CT molecular complexity index is 338. The van der Waals surface area contributed by atoms with E-state index < -0.39 is 0 Å². The van der Waals surface area contributed by atoms with Gasteiger partial charge in [0.2, 0.25) is 5.91 Å². The van der Waals surface area contributed by atoms with Crippen LogP contribution in [0.2, 0.25) is 0 Å². The van der Waals surface area contributed by atoms with Crippen LogP contribution in [0.4, 0.5) is 0 Å². The lowest BCUT2D eigenvalue weighted by molar-refractivity contribution is -0.133. The van der Waals surface area contributed by atoms with Crippen molar-refractivity contribution in [3.63, 3.8) is 0 Å². The zero-order valence-corrected chi connectivity index (χ0v) is 9.80. The number of hydroxylamine groups is 1. The second-order valence-corrected chi connectivity index (χ2v) is 3.89. The van der Waals surface area contributed by atoms with Gasteiger partial charge in [-0.2, -0.15) is 0 Å². The maximum absolute atomic E-state index is 11.4. The van der Waals surface area contributed by atoms with Gasteiger partial charge in [0.25, 0.3) is 5.91 Å². The Morgan fingerprint density at radius 1 is 1.50 bits per heavy atom. The molecule has 16 heavy (non-hydrogen) atoms. The van der Waals surface area contributed by atoms with Gasteiger partial charge in [-0.1, -0.05) is 6.07 Å². The molecule has 1 aromatic rings. The van der Waals surface area contributed by atoms with Gasteiger partial charge in [0, 0.05) is 13.0 Å². The van der Waals surface area contributed by atoms with Gasteiger partial charge in [0.1, 0.15) is 0 Å². The van der Waals surface area contributed by atoms with Crippen LogP contribution < -0.4 is 10.8 Å². The molecule has 0 saturated heterocycles. The molecule has 0 saturated carbocycles. The van der Waals surface area contributed by atoms with E-state index in [1.165, 1.54) is 11.3 Å². The monoisotopic (exact) mass is 242 g/mol. The molecule has 0 atom stereocenters. The van der Waals surface area contributed by atoms with Gasteiger partial charge >= 0.3 is 0 Å². The average Bonchev–Trinajstić information content (AvgIpc) is 2.79. The Morgan fingerprint density at radius 3 is 2.94 bits per heavy atom. The van der Waals surface area contributed by atoms with E-state index >= 15 is 0 Å². The predicted octanol–water partition coefficient (Wildman–Crippen LogP) is 0.936. The van der Waals surface area contributed by atoms with E-state index in [2.05, 4.69) is 10.8 Å². The summed E-state index contributed by atoms with van der Waals surface area (Å²) in [7, 11) is 0. The Morgan fingerprint density at radius 2 is 2.31 bits per heavy atom. The molecule has 0 radical (unpaired) electrons. The Labute approximate surface area is 97.8 Å². The van der Waals surface area contributed by atoms with E-state index in [4.69, 9.17) is 4.84 Å². The Hall–Kier alpha value is -1.40.